The maximum absolute atomic E-state index is 6.51. The van der Waals surface area contributed by atoms with Crippen LogP contribution < -0.4 is 9.47 Å². The molecule has 0 saturated heterocycles. The third kappa shape index (κ3) is 13.4. The first-order valence-electron chi connectivity index (χ1n) is 15.5. The Morgan fingerprint density at radius 3 is 1.51 bits per heavy atom. The lowest BCUT2D eigenvalue weighted by molar-refractivity contribution is 0.304. The van der Waals surface area contributed by atoms with Crippen molar-refractivity contribution in [3.05, 3.63) is 82.9 Å². The molecule has 0 amide bonds. The van der Waals surface area contributed by atoms with Crippen molar-refractivity contribution in [2.45, 2.75) is 90.9 Å². The molecular formula is C36H47ClN2O2. The molecule has 0 bridgehead atoms. The normalized spacial score (nSPS) is 11.5. The summed E-state index contributed by atoms with van der Waals surface area (Å²) in [6, 6.07) is 21.7. The van der Waals surface area contributed by atoms with Crippen molar-refractivity contribution in [3.63, 3.8) is 0 Å². The minimum atomic E-state index is 0.563. The fourth-order valence-corrected chi connectivity index (χ4v) is 4.64. The zero-order valence-corrected chi connectivity index (χ0v) is 25.7. The van der Waals surface area contributed by atoms with Crippen molar-refractivity contribution >= 4 is 35.4 Å². The van der Waals surface area contributed by atoms with Gasteiger partial charge in [0.25, 0.3) is 0 Å². The van der Waals surface area contributed by atoms with Gasteiger partial charge in [0.1, 0.15) is 11.5 Å². The molecule has 0 aliphatic heterocycles. The summed E-state index contributed by atoms with van der Waals surface area (Å²) >= 11 is 6.51. The number of hydrogen-bond donors (Lipinski definition) is 0. The van der Waals surface area contributed by atoms with E-state index in [0.29, 0.717) is 10.7 Å². The first-order valence-corrected chi connectivity index (χ1v) is 15.9. The Bertz CT molecular complexity index is 1170. The summed E-state index contributed by atoms with van der Waals surface area (Å²) in [5.41, 5.74) is 3.49. The summed E-state index contributed by atoms with van der Waals surface area (Å²) in [6.07, 6.45) is 18.8. The Kier molecular flexibility index (Phi) is 15.7. The fraction of sp³-hybridized carbons (Fsp3) is 0.444. The zero-order chi connectivity index (χ0) is 29.0. The summed E-state index contributed by atoms with van der Waals surface area (Å²) in [7, 11) is 0. The first-order chi connectivity index (χ1) is 20.2. The van der Waals surface area contributed by atoms with Crippen molar-refractivity contribution in [3.8, 4) is 11.5 Å². The van der Waals surface area contributed by atoms with Gasteiger partial charge in [-0.15, -0.1) is 0 Å². The third-order valence-corrected chi connectivity index (χ3v) is 7.24. The van der Waals surface area contributed by atoms with Gasteiger partial charge >= 0.3 is 0 Å². The lowest BCUT2D eigenvalue weighted by atomic mass is 10.1. The standard InChI is InChI=1S/C36H47ClN2O2/c1-3-5-7-9-11-13-25-40-33-20-15-30(16-21-33)28-38-32-19-24-36(35(37)27-32)39-29-31-17-22-34(23-18-31)41-26-14-12-10-8-6-4-2/h15-24,27-29H,3-14,25-26H2,1-2H3. The quantitative estimate of drug-likeness (QED) is 0.0994. The number of nitrogens with zero attached hydrogens (tertiary/aromatic N) is 2. The minimum Gasteiger partial charge on any atom is -0.494 e. The Balaban J connectivity index is 1.41. The summed E-state index contributed by atoms with van der Waals surface area (Å²) in [5, 5.41) is 0.563. The molecule has 220 valence electrons. The highest BCUT2D eigenvalue weighted by molar-refractivity contribution is 6.33. The van der Waals surface area contributed by atoms with Crippen LogP contribution in [0.15, 0.2) is 76.7 Å². The van der Waals surface area contributed by atoms with E-state index in [9.17, 15) is 0 Å². The van der Waals surface area contributed by atoms with Crippen LogP contribution in [-0.4, -0.2) is 25.6 Å². The highest BCUT2D eigenvalue weighted by atomic mass is 35.5. The fourth-order valence-electron chi connectivity index (χ4n) is 4.42. The van der Waals surface area contributed by atoms with Gasteiger partial charge in [0.15, 0.2) is 0 Å². The summed E-state index contributed by atoms with van der Waals surface area (Å²) in [6.45, 7) is 6.02. The molecule has 0 N–H and O–H groups in total. The van der Waals surface area contributed by atoms with Gasteiger partial charge < -0.3 is 9.47 Å². The largest absolute Gasteiger partial charge is 0.494 e. The Morgan fingerprint density at radius 2 is 1.02 bits per heavy atom. The molecule has 3 aromatic rings. The van der Waals surface area contributed by atoms with Crippen LogP contribution in [0.3, 0.4) is 0 Å². The van der Waals surface area contributed by atoms with Crippen molar-refractivity contribution in [2.75, 3.05) is 13.2 Å². The zero-order valence-electron chi connectivity index (χ0n) is 25.0. The second-order valence-electron chi connectivity index (χ2n) is 10.5. The second-order valence-corrected chi connectivity index (χ2v) is 10.9. The number of ether oxygens (including phenoxy) is 2. The van der Waals surface area contributed by atoms with Crippen molar-refractivity contribution in [1.29, 1.82) is 0 Å². The van der Waals surface area contributed by atoms with Gasteiger partial charge in [0.05, 0.1) is 29.6 Å². The van der Waals surface area contributed by atoms with E-state index < -0.39 is 0 Å². The average molecular weight is 575 g/mol. The Morgan fingerprint density at radius 1 is 0.561 bits per heavy atom. The molecule has 0 unspecified atom stereocenters. The van der Waals surface area contributed by atoms with Gasteiger partial charge in [-0.1, -0.05) is 89.7 Å². The first kappa shape index (κ1) is 32.4. The van der Waals surface area contributed by atoms with Gasteiger partial charge in [0.2, 0.25) is 0 Å². The third-order valence-electron chi connectivity index (χ3n) is 6.94. The molecule has 0 aliphatic rings. The van der Waals surface area contributed by atoms with E-state index in [1.54, 1.807) is 0 Å². The highest BCUT2D eigenvalue weighted by Crippen LogP contribution is 2.29. The van der Waals surface area contributed by atoms with E-state index in [0.717, 1.165) is 54.4 Å². The molecular weight excluding hydrogens is 528 g/mol. The molecule has 0 atom stereocenters. The predicted molar refractivity (Wildman–Crippen MR) is 177 cm³/mol. The summed E-state index contributed by atoms with van der Waals surface area (Å²) < 4.78 is 11.7. The monoisotopic (exact) mass is 574 g/mol. The molecule has 3 aromatic carbocycles. The lowest BCUT2D eigenvalue weighted by Gasteiger charge is -2.06. The average Bonchev–Trinajstić information content (AvgIpc) is 3.00. The molecule has 0 aliphatic carbocycles. The van der Waals surface area contributed by atoms with Gasteiger partial charge in [-0.3, -0.25) is 9.98 Å². The molecule has 0 radical (unpaired) electrons. The number of hydrogen-bond acceptors (Lipinski definition) is 4. The molecule has 0 spiro atoms. The van der Waals surface area contributed by atoms with Crippen LogP contribution in [0.5, 0.6) is 11.5 Å². The molecule has 5 heteroatoms. The molecule has 41 heavy (non-hydrogen) atoms. The van der Waals surface area contributed by atoms with Crippen LogP contribution in [0.4, 0.5) is 11.4 Å². The molecule has 0 saturated carbocycles. The van der Waals surface area contributed by atoms with Crippen LogP contribution in [0.25, 0.3) is 0 Å². The second kappa shape index (κ2) is 19.9. The molecule has 0 heterocycles. The van der Waals surface area contributed by atoms with E-state index in [4.69, 9.17) is 21.1 Å². The summed E-state index contributed by atoms with van der Waals surface area (Å²) in [4.78, 5) is 9.15. The van der Waals surface area contributed by atoms with Gasteiger partial charge in [-0.25, -0.2) is 0 Å². The van der Waals surface area contributed by atoms with Gasteiger partial charge in [0, 0.05) is 12.4 Å². The van der Waals surface area contributed by atoms with Gasteiger partial charge in [-0.05, 0) is 90.7 Å². The van der Waals surface area contributed by atoms with E-state index in [1.165, 1.54) is 64.2 Å². The van der Waals surface area contributed by atoms with Crippen LogP contribution in [0, 0.1) is 0 Å². The summed E-state index contributed by atoms with van der Waals surface area (Å²) in [5.74, 6) is 1.79. The smallest absolute Gasteiger partial charge is 0.119 e. The van der Waals surface area contributed by atoms with Crippen LogP contribution in [-0.2, 0) is 0 Å². The maximum Gasteiger partial charge on any atom is 0.119 e. The molecule has 4 nitrogen and oxygen atoms in total. The van der Waals surface area contributed by atoms with E-state index in [1.807, 2.05) is 79.2 Å². The lowest BCUT2D eigenvalue weighted by Crippen LogP contribution is -1.97. The number of unbranched alkanes of at least 4 members (excludes halogenated alkanes) is 10. The van der Waals surface area contributed by atoms with Crippen molar-refractivity contribution in [1.82, 2.24) is 0 Å². The number of rotatable bonds is 20. The van der Waals surface area contributed by atoms with Crippen LogP contribution >= 0.6 is 11.6 Å². The van der Waals surface area contributed by atoms with E-state index in [-0.39, 0.29) is 0 Å². The predicted octanol–water partition coefficient (Wildman–Crippen LogP) is 11.3. The van der Waals surface area contributed by atoms with E-state index in [2.05, 4.69) is 23.8 Å². The number of benzene rings is 3. The van der Waals surface area contributed by atoms with Crippen LogP contribution in [0.2, 0.25) is 5.02 Å². The molecule has 0 aromatic heterocycles. The topological polar surface area (TPSA) is 43.2 Å². The van der Waals surface area contributed by atoms with Gasteiger partial charge in [-0.2, -0.15) is 0 Å². The van der Waals surface area contributed by atoms with Crippen molar-refractivity contribution < 1.29 is 9.47 Å². The van der Waals surface area contributed by atoms with Crippen molar-refractivity contribution in [2.24, 2.45) is 9.98 Å². The molecule has 3 rings (SSSR count). The number of halogens is 1. The minimum absolute atomic E-state index is 0.563. The molecule has 0 fully saturated rings. The number of aliphatic imine (C=N–C) groups is 2. The van der Waals surface area contributed by atoms with Crippen LogP contribution in [0.1, 0.15) is 102 Å². The maximum atomic E-state index is 6.51. The Hall–Kier alpha value is -3.11. The van der Waals surface area contributed by atoms with E-state index >= 15 is 0 Å². The highest BCUT2D eigenvalue weighted by Gasteiger charge is 2.01. The SMILES string of the molecule is CCCCCCCCOc1ccc(C=Nc2ccc(N=Cc3ccc(OCCCCCCCC)cc3)c(Cl)c2)cc1. The Labute approximate surface area is 252 Å².